The Kier molecular flexibility index (Phi) is 5.59. The number of amides is 1. The maximum atomic E-state index is 12.1. The van der Waals surface area contributed by atoms with E-state index in [-0.39, 0.29) is 5.91 Å². The average Bonchev–Trinajstić information content (AvgIpc) is 2.48. The molecule has 1 aliphatic heterocycles. The molecule has 0 bridgehead atoms. The van der Waals surface area contributed by atoms with E-state index in [9.17, 15) is 4.79 Å². The molecule has 116 valence electrons. The van der Waals surface area contributed by atoms with Crippen LogP contribution in [0.1, 0.15) is 17.3 Å². The van der Waals surface area contributed by atoms with E-state index < -0.39 is 0 Å². The number of nitrogens with two attached hydrogens (primary N) is 1. The molecule has 21 heavy (non-hydrogen) atoms. The van der Waals surface area contributed by atoms with Gasteiger partial charge < -0.3 is 20.9 Å². The molecule has 1 saturated heterocycles. The molecule has 5 nitrogen and oxygen atoms in total. The summed E-state index contributed by atoms with van der Waals surface area (Å²) in [6, 6.07) is 7.18. The normalized spacial score (nSPS) is 18.4. The fourth-order valence-corrected chi connectivity index (χ4v) is 2.60. The molecule has 1 amide bonds. The van der Waals surface area contributed by atoms with E-state index >= 15 is 0 Å². The van der Waals surface area contributed by atoms with Gasteiger partial charge in [-0.2, -0.15) is 0 Å². The number of nitrogens with zero attached hydrogens (tertiary/aromatic N) is 2. The highest BCUT2D eigenvalue weighted by Crippen LogP contribution is 2.10. The van der Waals surface area contributed by atoms with Gasteiger partial charge in [-0.05, 0) is 25.1 Å². The van der Waals surface area contributed by atoms with Crippen LogP contribution in [0.15, 0.2) is 24.3 Å². The van der Waals surface area contributed by atoms with Gasteiger partial charge in [0.2, 0.25) is 0 Å². The summed E-state index contributed by atoms with van der Waals surface area (Å²) in [4.78, 5) is 16.9. The highest BCUT2D eigenvalue weighted by Gasteiger charge is 2.17. The highest BCUT2D eigenvalue weighted by atomic mass is 16.1. The van der Waals surface area contributed by atoms with Crippen molar-refractivity contribution >= 4 is 11.6 Å². The zero-order chi connectivity index (χ0) is 15.2. The molecule has 3 N–H and O–H groups in total. The molecule has 5 heteroatoms. The van der Waals surface area contributed by atoms with E-state index in [1.165, 1.54) is 0 Å². The number of hydrogen-bond donors (Lipinski definition) is 2. The molecule has 0 aromatic heterocycles. The van der Waals surface area contributed by atoms with Crippen molar-refractivity contribution in [3.05, 3.63) is 29.8 Å². The minimum absolute atomic E-state index is 0.0849. The molecule has 1 aliphatic rings. The summed E-state index contributed by atoms with van der Waals surface area (Å²) in [5.41, 5.74) is 6.91. The minimum Gasteiger partial charge on any atom is -0.398 e. The maximum absolute atomic E-state index is 12.1. The summed E-state index contributed by atoms with van der Waals surface area (Å²) in [5, 5.41) is 2.98. The Morgan fingerprint density at radius 1 is 1.29 bits per heavy atom. The summed E-state index contributed by atoms with van der Waals surface area (Å²) in [6.45, 7) is 8.35. The smallest absolute Gasteiger partial charge is 0.253 e. The van der Waals surface area contributed by atoms with Gasteiger partial charge in [0, 0.05) is 45.0 Å². The van der Waals surface area contributed by atoms with E-state index in [4.69, 9.17) is 5.73 Å². The predicted molar refractivity (Wildman–Crippen MR) is 86.3 cm³/mol. The number of benzene rings is 1. The average molecular weight is 290 g/mol. The number of likely N-dealkylation sites (N-methyl/N-ethyl adjacent to an activating group) is 1. The lowest BCUT2D eigenvalue weighted by Gasteiger charge is -2.33. The number of nitrogens with one attached hydrogen (secondary N) is 1. The number of para-hydroxylation sites is 1. The van der Waals surface area contributed by atoms with Crippen LogP contribution in [0.25, 0.3) is 0 Å². The van der Waals surface area contributed by atoms with Crippen molar-refractivity contribution in [1.82, 2.24) is 15.1 Å². The number of carbonyl (C=O) groups excluding carboxylic acids is 1. The van der Waals surface area contributed by atoms with Gasteiger partial charge in [-0.15, -0.1) is 0 Å². The third-order valence-corrected chi connectivity index (χ3v) is 3.98. The second-order valence-corrected chi connectivity index (χ2v) is 6.01. The molecule has 1 heterocycles. The summed E-state index contributed by atoms with van der Waals surface area (Å²) >= 11 is 0. The van der Waals surface area contributed by atoms with Crippen molar-refractivity contribution < 1.29 is 4.79 Å². The number of piperazine rings is 1. The Hall–Kier alpha value is -1.59. The lowest BCUT2D eigenvalue weighted by molar-refractivity contribution is 0.0938. The molecule has 1 unspecified atom stereocenters. The molecule has 0 spiro atoms. The zero-order valence-corrected chi connectivity index (χ0v) is 13.0. The third kappa shape index (κ3) is 4.72. The second kappa shape index (κ2) is 7.43. The Bertz CT molecular complexity index is 469. The van der Waals surface area contributed by atoms with Crippen molar-refractivity contribution in [1.29, 1.82) is 0 Å². The van der Waals surface area contributed by atoms with Crippen molar-refractivity contribution in [2.24, 2.45) is 5.92 Å². The van der Waals surface area contributed by atoms with Gasteiger partial charge in [0.05, 0.1) is 5.56 Å². The number of carbonyl (C=O) groups is 1. The van der Waals surface area contributed by atoms with Crippen LogP contribution in [0.2, 0.25) is 0 Å². The first kappa shape index (κ1) is 15.8. The molecule has 0 radical (unpaired) electrons. The summed E-state index contributed by atoms with van der Waals surface area (Å²) < 4.78 is 0. The monoisotopic (exact) mass is 290 g/mol. The lowest BCUT2D eigenvalue weighted by Crippen LogP contribution is -2.46. The number of hydrogen-bond acceptors (Lipinski definition) is 4. The Labute approximate surface area is 127 Å². The van der Waals surface area contributed by atoms with Crippen LogP contribution in [-0.2, 0) is 0 Å². The van der Waals surface area contributed by atoms with Crippen LogP contribution < -0.4 is 11.1 Å². The highest BCUT2D eigenvalue weighted by molar-refractivity contribution is 5.99. The molecule has 1 aromatic rings. The molecule has 0 aliphatic carbocycles. The molecule has 2 rings (SSSR count). The van der Waals surface area contributed by atoms with Crippen LogP contribution in [0, 0.1) is 5.92 Å². The number of nitrogen functional groups attached to an aromatic ring is 1. The summed E-state index contributed by atoms with van der Waals surface area (Å²) in [7, 11) is 2.16. The van der Waals surface area contributed by atoms with Crippen LogP contribution >= 0.6 is 0 Å². The first-order valence-electron chi connectivity index (χ1n) is 7.60. The Morgan fingerprint density at radius 2 is 1.95 bits per heavy atom. The minimum atomic E-state index is -0.0849. The quantitative estimate of drug-likeness (QED) is 0.790. The van der Waals surface area contributed by atoms with Crippen molar-refractivity contribution in [2.45, 2.75) is 6.92 Å². The topological polar surface area (TPSA) is 61.6 Å². The summed E-state index contributed by atoms with van der Waals surface area (Å²) in [5.74, 6) is 0.348. The SMILES string of the molecule is CC(CNC(=O)c1ccccc1N)CN1CCN(C)CC1. The largest absolute Gasteiger partial charge is 0.398 e. The summed E-state index contributed by atoms with van der Waals surface area (Å²) in [6.07, 6.45) is 0. The standard InChI is InChI=1S/C16H26N4O/c1-13(12-20-9-7-19(2)8-10-20)11-18-16(21)14-5-3-4-6-15(14)17/h3-6,13H,7-12,17H2,1-2H3,(H,18,21). The number of rotatable bonds is 5. The van der Waals surface area contributed by atoms with Gasteiger partial charge in [-0.25, -0.2) is 0 Å². The van der Waals surface area contributed by atoms with E-state index in [1.807, 2.05) is 12.1 Å². The first-order chi connectivity index (χ1) is 10.1. The van der Waals surface area contributed by atoms with E-state index in [1.54, 1.807) is 12.1 Å². The van der Waals surface area contributed by atoms with Crippen molar-refractivity contribution in [3.8, 4) is 0 Å². The molecular formula is C16H26N4O. The van der Waals surface area contributed by atoms with Gasteiger partial charge in [-0.3, -0.25) is 4.79 Å². The van der Waals surface area contributed by atoms with Crippen LogP contribution in [0.5, 0.6) is 0 Å². The van der Waals surface area contributed by atoms with Gasteiger partial charge in [0.15, 0.2) is 0 Å². The second-order valence-electron chi connectivity index (χ2n) is 6.01. The van der Waals surface area contributed by atoms with E-state index in [0.717, 1.165) is 32.7 Å². The molecule has 1 aromatic carbocycles. The van der Waals surface area contributed by atoms with Gasteiger partial charge in [0.25, 0.3) is 5.91 Å². The van der Waals surface area contributed by atoms with Gasteiger partial charge >= 0.3 is 0 Å². The fourth-order valence-electron chi connectivity index (χ4n) is 2.60. The zero-order valence-electron chi connectivity index (χ0n) is 13.0. The van der Waals surface area contributed by atoms with Crippen LogP contribution in [0.4, 0.5) is 5.69 Å². The molecule has 1 fully saturated rings. The fraction of sp³-hybridized carbons (Fsp3) is 0.562. The molecule has 1 atom stereocenters. The van der Waals surface area contributed by atoms with Crippen LogP contribution in [-0.4, -0.2) is 62.0 Å². The third-order valence-electron chi connectivity index (χ3n) is 3.98. The Morgan fingerprint density at radius 3 is 2.62 bits per heavy atom. The van der Waals surface area contributed by atoms with Gasteiger partial charge in [0.1, 0.15) is 0 Å². The van der Waals surface area contributed by atoms with Crippen molar-refractivity contribution in [2.75, 3.05) is 52.0 Å². The van der Waals surface area contributed by atoms with Crippen molar-refractivity contribution in [3.63, 3.8) is 0 Å². The van der Waals surface area contributed by atoms with Crippen LogP contribution in [0.3, 0.4) is 0 Å². The van der Waals surface area contributed by atoms with E-state index in [2.05, 4.69) is 29.1 Å². The lowest BCUT2D eigenvalue weighted by atomic mass is 10.1. The maximum Gasteiger partial charge on any atom is 0.253 e. The first-order valence-corrected chi connectivity index (χ1v) is 7.60. The molecular weight excluding hydrogens is 264 g/mol. The van der Waals surface area contributed by atoms with E-state index in [0.29, 0.717) is 23.7 Å². The predicted octanol–water partition coefficient (Wildman–Crippen LogP) is 0.882. The Balaban J connectivity index is 1.75. The van der Waals surface area contributed by atoms with Gasteiger partial charge in [-0.1, -0.05) is 19.1 Å². The number of anilines is 1. The molecule has 0 saturated carbocycles.